The van der Waals surface area contributed by atoms with E-state index in [1.54, 1.807) is 30.3 Å². The van der Waals surface area contributed by atoms with Gasteiger partial charge in [-0.15, -0.1) is 0 Å². The first-order valence-corrected chi connectivity index (χ1v) is 6.43. The molecule has 106 valence electrons. The van der Waals surface area contributed by atoms with E-state index in [0.717, 1.165) is 17.8 Å². The molecule has 0 aliphatic carbocycles. The summed E-state index contributed by atoms with van der Waals surface area (Å²) < 4.78 is 38.0. The Morgan fingerprint density at radius 2 is 1.70 bits per heavy atom. The highest BCUT2D eigenvalue weighted by molar-refractivity contribution is 6.30. The lowest BCUT2D eigenvalue weighted by Gasteiger charge is -2.17. The van der Waals surface area contributed by atoms with Gasteiger partial charge in [-0.1, -0.05) is 23.7 Å². The van der Waals surface area contributed by atoms with Gasteiger partial charge in [0.1, 0.15) is 0 Å². The van der Waals surface area contributed by atoms with Gasteiger partial charge in [-0.2, -0.15) is 13.2 Å². The fourth-order valence-electron chi connectivity index (χ4n) is 1.86. The van der Waals surface area contributed by atoms with Crippen LogP contribution in [-0.4, -0.2) is 0 Å². The van der Waals surface area contributed by atoms with E-state index in [9.17, 15) is 13.2 Å². The summed E-state index contributed by atoms with van der Waals surface area (Å²) in [6, 6.07) is 12.1. The summed E-state index contributed by atoms with van der Waals surface area (Å²) in [5.74, 6) is 0. The maximum absolute atomic E-state index is 12.7. The normalized spacial score (nSPS) is 13.1. The van der Waals surface area contributed by atoms with Crippen LogP contribution in [0.1, 0.15) is 24.1 Å². The third-order valence-corrected chi connectivity index (χ3v) is 3.19. The molecule has 0 aromatic heterocycles. The number of rotatable bonds is 3. The standard InChI is InChI=1S/C15H13ClF3N/c1-10(20-14-7-5-13(16)6-8-14)11-3-2-4-12(9-11)15(17,18)19/h2-10,20H,1H3. The number of anilines is 1. The van der Waals surface area contributed by atoms with E-state index in [0.29, 0.717) is 10.6 Å². The van der Waals surface area contributed by atoms with E-state index >= 15 is 0 Å². The third-order valence-electron chi connectivity index (χ3n) is 2.94. The Kier molecular flexibility index (Phi) is 4.23. The molecule has 2 aromatic rings. The van der Waals surface area contributed by atoms with Crippen molar-refractivity contribution in [1.29, 1.82) is 0 Å². The molecule has 2 rings (SSSR count). The molecule has 1 N–H and O–H groups in total. The molecule has 0 amide bonds. The Hall–Kier alpha value is -1.68. The van der Waals surface area contributed by atoms with E-state index in [2.05, 4.69) is 5.32 Å². The summed E-state index contributed by atoms with van der Waals surface area (Å²) in [4.78, 5) is 0. The third kappa shape index (κ3) is 3.67. The summed E-state index contributed by atoms with van der Waals surface area (Å²) in [7, 11) is 0. The summed E-state index contributed by atoms with van der Waals surface area (Å²) in [6.45, 7) is 1.81. The molecule has 0 saturated heterocycles. The topological polar surface area (TPSA) is 12.0 Å². The average molecular weight is 300 g/mol. The zero-order valence-corrected chi connectivity index (χ0v) is 11.5. The van der Waals surface area contributed by atoms with Crippen LogP contribution in [0, 0.1) is 0 Å². The van der Waals surface area contributed by atoms with E-state index in [-0.39, 0.29) is 6.04 Å². The molecule has 1 nitrogen and oxygen atoms in total. The Bertz CT molecular complexity index is 578. The van der Waals surface area contributed by atoms with Crippen LogP contribution < -0.4 is 5.32 Å². The molecule has 5 heteroatoms. The molecule has 1 unspecified atom stereocenters. The molecule has 0 radical (unpaired) electrons. The van der Waals surface area contributed by atoms with Crippen LogP contribution in [0.3, 0.4) is 0 Å². The van der Waals surface area contributed by atoms with E-state index in [1.165, 1.54) is 6.07 Å². The van der Waals surface area contributed by atoms with Crippen LogP contribution in [-0.2, 0) is 6.18 Å². The second-order valence-electron chi connectivity index (χ2n) is 4.50. The minimum atomic E-state index is -4.32. The fourth-order valence-corrected chi connectivity index (χ4v) is 1.99. The Morgan fingerprint density at radius 3 is 2.30 bits per heavy atom. The van der Waals surface area contributed by atoms with Crippen molar-refractivity contribution in [2.75, 3.05) is 5.32 Å². The van der Waals surface area contributed by atoms with Crippen LogP contribution in [0.5, 0.6) is 0 Å². The first kappa shape index (κ1) is 14.7. The second kappa shape index (κ2) is 5.75. The maximum Gasteiger partial charge on any atom is 0.416 e. The highest BCUT2D eigenvalue weighted by atomic mass is 35.5. The molecular formula is C15H13ClF3N. The molecule has 0 bridgehead atoms. The number of hydrogen-bond acceptors (Lipinski definition) is 1. The Morgan fingerprint density at radius 1 is 1.05 bits per heavy atom. The Balaban J connectivity index is 2.17. The zero-order chi connectivity index (χ0) is 14.8. The van der Waals surface area contributed by atoms with E-state index in [4.69, 9.17) is 11.6 Å². The van der Waals surface area contributed by atoms with Gasteiger partial charge in [0.15, 0.2) is 0 Å². The molecule has 2 aromatic carbocycles. The monoisotopic (exact) mass is 299 g/mol. The summed E-state index contributed by atoms with van der Waals surface area (Å²) >= 11 is 5.78. The minimum Gasteiger partial charge on any atom is -0.379 e. The fraction of sp³-hybridized carbons (Fsp3) is 0.200. The largest absolute Gasteiger partial charge is 0.416 e. The van der Waals surface area contributed by atoms with Gasteiger partial charge in [0.2, 0.25) is 0 Å². The van der Waals surface area contributed by atoms with Crippen molar-refractivity contribution >= 4 is 17.3 Å². The van der Waals surface area contributed by atoms with Gasteiger partial charge < -0.3 is 5.32 Å². The van der Waals surface area contributed by atoms with Gasteiger partial charge in [-0.25, -0.2) is 0 Å². The number of hydrogen-bond donors (Lipinski definition) is 1. The van der Waals surface area contributed by atoms with Crippen molar-refractivity contribution in [3.05, 3.63) is 64.7 Å². The molecule has 0 fully saturated rings. The van der Waals surface area contributed by atoms with E-state index < -0.39 is 11.7 Å². The molecule has 0 heterocycles. The lowest BCUT2D eigenvalue weighted by molar-refractivity contribution is -0.137. The van der Waals surface area contributed by atoms with Gasteiger partial charge in [-0.3, -0.25) is 0 Å². The maximum atomic E-state index is 12.7. The van der Waals surface area contributed by atoms with Crippen molar-refractivity contribution in [1.82, 2.24) is 0 Å². The van der Waals surface area contributed by atoms with Crippen molar-refractivity contribution in [2.24, 2.45) is 0 Å². The van der Waals surface area contributed by atoms with Crippen molar-refractivity contribution in [3.63, 3.8) is 0 Å². The van der Waals surface area contributed by atoms with Crippen molar-refractivity contribution < 1.29 is 13.2 Å². The molecule has 0 saturated carbocycles. The van der Waals surface area contributed by atoms with Crippen LogP contribution >= 0.6 is 11.6 Å². The van der Waals surface area contributed by atoms with Gasteiger partial charge in [-0.05, 0) is 48.9 Å². The molecule has 0 spiro atoms. The number of benzene rings is 2. The van der Waals surface area contributed by atoms with Gasteiger partial charge in [0.25, 0.3) is 0 Å². The molecule has 0 aliphatic rings. The molecule has 20 heavy (non-hydrogen) atoms. The molecule has 1 atom stereocenters. The SMILES string of the molecule is CC(Nc1ccc(Cl)cc1)c1cccc(C(F)(F)F)c1. The Labute approximate surface area is 120 Å². The summed E-state index contributed by atoms with van der Waals surface area (Å²) in [5.41, 5.74) is 0.744. The van der Waals surface area contributed by atoms with Gasteiger partial charge in [0.05, 0.1) is 5.56 Å². The zero-order valence-electron chi connectivity index (χ0n) is 10.7. The number of nitrogens with one attached hydrogen (secondary N) is 1. The summed E-state index contributed by atoms with van der Waals surface area (Å²) in [5, 5.41) is 3.75. The van der Waals surface area contributed by atoms with E-state index in [1.807, 2.05) is 6.92 Å². The first-order chi connectivity index (χ1) is 9.36. The van der Waals surface area contributed by atoms with Crippen LogP contribution in [0.4, 0.5) is 18.9 Å². The van der Waals surface area contributed by atoms with Crippen LogP contribution in [0.25, 0.3) is 0 Å². The highest BCUT2D eigenvalue weighted by Gasteiger charge is 2.30. The van der Waals surface area contributed by atoms with Crippen molar-refractivity contribution in [2.45, 2.75) is 19.1 Å². The quantitative estimate of drug-likeness (QED) is 0.785. The summed E-state index contributed by atoms with van der Waals surface area (Å²) in [6.07, 6.45) is -4.32. The second-order valence-corrected chi connectivity index (χ2v) is 4.93. The molecule has 0 aliphatic heterocycles. The van der Waals surface area contributed by atoms with Crippen LogP contribution in [0.15, 0.2) is 48.5 Å². The number of halogens is 4. The lowest BCUT2D eigenvalue weighted by Crippen LogP contribution is -2.10. The molecular weight excluding hydrogens is 287 g/mol. The number of alkyl halides is 3. The van der Waals surface area contributed by atoms with Gasteiger partial charge in [0, 0.05) is 16.8 Å². The van der Waals surface area contributed by atoms with Crippen molar-refractivity contribution in [3.8, 4) is 0 Å². The minimum absolute atomic E-state index is 0.238. The van der Waals surface area contributed by atoms with Gasteiger partial charge >= 0.3 is 6.18 Å². The van der Waals surface area contributed by atoms with Crippen LogP contribution in [0.2, 0.25) is 5.02 Å². The average Bonchev–Trinajstić information content (AvgIpc) is 2.40. The lowest BCUT2D eigenvalue weighted by atomic mass is 10.0. The highest BCUT2D eigenvalue weighted by Crippen LogP contribution is 2.31. The predicted octanol–water partition coefficient (Wildman–Crippen LogP) is 5.53. The smallest absolute Gasteiger partial charge is 0.379 e. The first-order valence-electron chi connectivity index (χ1n) is 6.05. The predicted molar refractivity (Wildman–Crippen MR) is 74.9 cm³/mol.